The summed E-state index contributed by atoms with van der Waals surface area (Å²) < 4.78 is 5.50. The average Bonchev–Trinajstić information content (AvgIpc) is 2.61. The fourth-order valence-corrected chi connectivity index (χ4v) is 2.72. The Bertz CT molecular complexity index is 778. The third-order valence-corrected chi connectivity index (χ3v) is 4.17. The van der Waals surface area contributed by atoms with Crippen LogP contribution in [0.5, 0.6) is 5.75 Å². The van der Waals surface area contributed by atoms with Crippen LogP contribution in [0.25, 0.3) is 0 Å². The van der Waals surface area contributed by atoms with Gasteiger partial charge in [-0.1, -0.05) is 42.3 Å². The highest BCUT2D eigenvalue weighted by atomic mass is 35.5. The van der Waals surface area contributed by atoms with Crippen LogP contribution in [0, 0.1) is 0 Å². The fraction of sp³-hybridized carbons (Fsp3) is 0.263. The van der Waals surface area contributed by atoms with Gasteiger partial charge in [-0.05, 0) is 42.3 Å². The molecule has 0 spiro atoms. The number of benzene rings is 2. The Balaban J connectivity index is 2.20. The van der Waals surface area contributed by atoms with Gasteiger partial charge in [0.25, 0.3) is 5.91 Å². The minimum atomic E-state index is -1.28. The summed E-state index contributed by atoms with van der Waals surface area (Å²) in [6.07, 6.45) is 0.505. The van der Waals surface area contributed by atoms with Crippen molar-refractivity contribution in [1.29, 1.82) is 0 Å². The standard InChI is InChI=1S/C19H19Cl2NO4/c1-2-9-26-14-6-3-12(4-7-14)17(11-18(23)24)22-19(25)15-10-13(20)5-8-16(15)21/h3-8,10,17H,2,9,11H2,1H3,(H,22,25)(H,23,24)/p-1/t17-/m1/s1. The van der Waals surface area contributed by atoms with Crippen molar-refractivity contribution in [2.24, 2.45) is 0 Å². The van der Waals surface area contributed by atoms with E-state index in [0.29, 0.717) is 22.9 Å². The van der Waals surface area contributed by atoms with Crippen LogP contribution in [0.3, 0.4) is 0 Å². The summed E-state index contributed by atoms with van der Waals surface area (Å²) in [5.41, 5.74) is 0.787. The summed E-state index contributed by atoms with van der Waals surface area (Å²) in [4.78, 5) is 23.6. The number of rotatable bonds is 8. The van der Waals surface area contributed by atoms with Crippen LogP contribution in [-0.2, 0) is 4.79 Å². The number of nitrogens with one attached hydrogen (secondary N) is 1. The molecule has 1 atom stereocenters. The highest BCUT2D eigenvalue weighted by Crippen LogP contribution is 2.24. The second-order valence-electron chi connectivity index (χ2n) is 5.64. The van der Waals surface area contributed by atoms with Gasteiger partial charge in [0.05, 0.1) is 23.2 Å². The summed E-state index contributed by atoms with van der Waals surface area (Å²) >= 11 is 11.9. The van der Waals surface area contributed by atoms with Gasteiger partial charge in [0.2, 0.25) is 0 Å². The van der Waals surface area contributed by atoms with Crippen LogP contribution >= 0.6 is 23.2 Å². The smallest absolute Gasteiger partial charge is 0.253 e. The van der Waals surface area contributed by atoms with Gasteiger partial charge in [0, 0.05) is 17.4 Å². The van der Waals surface area contributed by atoms with Crippen molar-refractivity contribution in [3.63, 3.8) is 0 Å². The van der Waals surface area contributed by atoms with E-state index in [9.17, 15) is 14.7 Å². The molecule has 0 heterocycles. The predicted octanol–water partition coefficient (Wildman–Crippen LogP) is 3.39. The van der Waals surface area contributed by atoms with E-state index in [1.165, 1.54) is 12.1 Å². The lowest BCUT2D eigenvalue weighted by Gasteiger charge is -2.20. The third-order valence-electron chi connectivity index (χ3n) is 3.60. The second-order valence-corrected chi connectivity index (χ2v) is 6.49. The van der Waals surface area contributed by atoms with E-state index < -0.39 is 17.9 Å². The molecule has 0 aliphatic carbocycles. The number of carboxylic acid groups (broad SMARTS) is 1. The first-order chi connectivity index (χ1) is 12.4. The van der Waals surface area contributed by atoms with Crippen molar-refractivity contribution in [3.05, 3.63) is 63.6 Å². The van der Waals surface area contributed by atoms with Gasteiger partial charge in [-0.25, -0.2) is 0 Å². The van der Waals surface area contributed by atoms with Crippen LogP contribution in [0.2, 0.25) is 10.0 Å². The molecular weight excluding hydrogens is 377 g/mol. The molecule has 26 heavy (non-hydrogen) atoms. The lowest BCUT2D eigenvalue weighted by Crippen LogP contribution is -2.34. The van der Waals surface area contributed by atoms with Crippen molar-refractivity contribution in [1.82, 2.24) is 5.32 Å². The highest BCUT2D eigenvalue weighted by molar-refractivity contribution is 6.35. The lowest BCUT2D eigenvalue weighted by molar-refractivity contribution is -0.306. The van der Waals surface area contributed by atoms with E-state index in [4.69, 9.17) is 27.9 Å². The Kier molecular flexibility index (Phi) is 7.30. The molecule has 138 valence electrons. The van der Waals surface area contributed by atoms with Crippen molar-refractivity contribution in [3.8, 4) is 5.75 Å². The number of hydrogen-bond acceptors (Lipinski definition) is 4. The molecule has 0 aliphatic rings. The zero-order valence-electron chi connectivity index (χ0n) is 14.1. The quantitative estimate of drug-likeness (QED) is 0.743. The molecule has 0 radical (unpaired) electrons. The first-order valence-corrected chi connectivity index (χ1v) is 8.84. The summed E-state index contributed by atoms with van der Waals surface area (Å²) in [5.74, 6) is -1.12. The molecular formula is C19H18Cl2NO4-. The highest BCUT2D eigenvalue weighted by Gasteiger charge is 2.18. The van der Waals surface area contributed by atoms with Gasteiger partial charge in [-0.2, -0.15) is 0 Å². The van der Waals surface area contributed by atoms with Gasteiger partial charge < -0.3 is 20.0 Å². The van der Waals surface area contributed by atoms with Crippen molar-refractivity contribution in [2.75, 3.05) is 6.61 Å². The number of hydrogen-bond donors (Lipinski definition) is 1. The van der Waals surface area contributed by atoms with Crippen LogP contribution in [-0.4, -0.2) is 18.5 Å². The number of aliphatic carboxylic acids is 1. The monoisotopic (exact) mass is 394 g/mol. The summed E-state index contributed by atoms with van der Waals surface area (Å²) in [6.45, 7) is 2.59. The van der Waals surface area contributed by atoms with Gasteiger partial charge in [0.1, 0.15) is 5.75 Å². The maximum Gasteiger partial charge on any atom is 0.253 e. The van der Waals surface area contributed by atoms with Gasteiger partial charge >= 0.3 is 0 Å². The molecule has 2 rings (SSSR count). The van der Waals surface area contributed by atoms with E-state index in [-0.39, 0.29) is 17.0 Å². The van der Waals surface area contributed by atoms with E-state index in [2.05, 4.69) is 5.32 Å². The summed E-state index contributed by atoms with van der Waals surface area (Å²) in [7, 11) is 0. The topological polar surface area (TPSA) is 78.5 Å². The number of ether oxygens (including phenoxy) is 1. The maximum atomic E-state index is 12.5. The number of halogens is 2. The Hall–Kier alpha value is -2.24. The number of carbonyl (C=O) groups is 2. The molecule has 0 aromatic heterocycles. The maximum absolute atomic E-state index is 12.5. The first kappa shape index (κ1) is 20.1. The minimum Gasteiger partial charge on any atom is -0.550 e. The van der Waals surface area contributed by atoms with Crippen LogP contribution in [0.15, 0.2) is 42.5 Å². The van der Waals surface area contributed by atoms with Crippen molar-refractivity contribution in [2.45, 2.75) is 25.8 Å². The molecule has 2 aromatic rings. The minimum absolute atomic E-state index is 0.172. The zero-order valence-corrected chi connectivity index (χ0v) is 15.6. The molecule has 1 N–H and O–H groups in total. The second kappa shape index (κ2) is 9.46. The molecule has 0 saturated heterocycles. The summed E-state index contributed by atoms with van der Waals surface area (Å²) in [5, 5.41) is 14.3. The molecule has 2 aromatic carbocycles. The van der Waals surface area contributed by atoms with Crippen LogP contribution in [0.4, 0.5) is 0 Å². The fourth-order valence-electron chi connectivity index (χ4n) is 2.34. The van der Waals surface area contributed by atoms with E-state index >= 15 is 0 Å². The normalized spacial score (nSPS) is 11.7. The Morgan fingerprint density at radius 2 is 1.85 bits per heavy atom. The van der Waals surface area contributed by atoms with E-state index in [0.717, 1.165) is 6.42 Å². The van der Waals surface area contributed by atoms with Crippen molar-refractivity contribution < 1.29 is 19.4 Å². The molecule has 5 nitrogen and oxygen atoms in total. The Morgan fingerprint density at radius 3 is 2.46 bits per heavy atom. The molecule has 0 unspecified atom stereocenters. The van der Waals surface area contributed by atoms with Gasteiger partial charge in [0.15, 0.2) is 0 Å². The molecule has 7 heteroatoms. The zero-order chi connectivity index (χ0) is 19.1. The van der Waals surface area contributed by atoms with E-state index in [1.807, 2.05) is 6.92 Å². The van der Waals surface area contributed by atoms with E-state index in [1.54, 1.807) is 30.3 Å². The Labute approximate surface area is 161 Å². The first-order valence-electron chi connectivity index (χ1n) is 8.09. The molecule has 0 fully saturated rings. The van der Waals surface area contributed by atoms with Gasteiger partial charge in [-0.3, -0.25) is 4.79 Å². The van der Waals surface area contributed by atoms with Crippen molar-refractivity contribution >= 4 is 35.1 Å². The largest absolute Gasteiger partial charge is 0.550 e. The molecule has 0 bridgehead atoms. The average molecular weight is 395 g/mol. The lowest BCUT2D eigenvalue weighted by atomic mass is 10.0. The number of amides is 1. The third kappa shape index (κ3) is 5.64. The Morgan fingerprint density at radius 1 is 1.15 bits per heavy atom. The summed E-state index contributed by atoms with van der Waals surface area (Å²) in [6, 6.07) is 10.6. The SMILES string of the molecule is CCCOc1ccc([C@@H](CC(=O)[O-])NC(=O)c2cc(Cl)ccc2Cl)cc1. The van der Waals surface area contributed by atoms with Crippen LogP contribution in [0.1, 0.15) is 41.7 Å². The van der Waals surface area contributed by atoms with Gasteiger partial charge in [-0.15, -0.1) is 0 Å². The predicted molar refractivity (Wildman–Crippen MR) is 98.5 cm³/mol. The number of carboxylic acids is 1. The van der Waals surface area contributed by atoms with Crippen LogP contribution < -0.4 is 15.2 Å². The molecule has 1 amide bonds. The molecule has 0 saturated carbocycles. The number of carbonyl (C=O) groups excluding carboxylic acids is 2. The molecule has 0 aliphatic heterocycles.